The molecule has 144 valence electrons. The highest BCUT2D eigenvalue weighted by atomic mass is 16.5. The number of carbonyl (C=O) groups excluding carboxylic acids is 1. The van der Waals surface area contributed by atoms with Crippen molar-refractivity contribution in [3.05, 3.63) is 59.7 Å². The lowest BCUT2D eigenvalue weighted by Gasteiger charge is -2.23. The fraction of sp³-hybridized carbons (Fsp3) is 0.364. The van der Waals surface area contributed by atoms with Crippen molar-refractivity contribution in [3.8, 4) is 5.75 Å². The minimum absolute atomic E-state index is 0.0671. The molecule has 0 aliphatic heterocycles. The molecule has 0 heterocycles. The van der Waals surface area contributed by atoms with E-state index in [0.717, 1.165) is 37.1 Å². The molecule has 2 aromatic rings. The Morgan fingerprint density at radius 1 is 1.04 bits per heavy atom. The normalized spacial score (nSPS) is 10.8. The number of hydrogen-bond donors (Lipinski definition) is 1. The van der Waals surface area contributed by atoms with Gasteiger partial charge in [-0.3, -0.25) is 4.79 Å². The lowest BCUT2D eigenvalue weighted by Crippen LogP contribution is -2.25. The van der Waals surface area contributed by atoms with Gasteiger partial charge < -0.3 is 9.64 Å². The van der Waals surface area contributed by atoms with E-state index in [1.165, 1.54) is 5.69 Å². The van der Waals surface area contributed by atoms with Crippen LogP contribution in [0.15, 0.2) is 53.6 Å². The van der Waals surface area contributed by atoms with Crippen LogP contribution in [0.4, 0.5) is 5.69 Å². The van der Waals surface area contributed by atoms with Gasteiger partial charge in [-0.25, -0.2) is 5.43 Å². The summed E-state index contributed by atoms with van der Waals surface area (Å²) in [5.74, 6) is 0.375. The Labute approximate surface area is 162 Å². The molecule has 1 amide bonds. The van der Waals surface area contributed by atoms with Crippen LogP contribution in [0.1, 0.15) is 37.8 Å². The molecule has 0 aliphatic rings. The molecular formula is C22H29N3O2. The lowest BCUT2D eigenvalue weighted by atomic mass is 10.2. The van der Waals surface area contributed by atoms with Crippen molar-refractivity contribution in [2.45, 2.75) is 33.6 Å². The zero-order chi connectivity index (χ0) is 19.5. The Balaban J connectivity index is 1.81. The number of hydrazone groups is 1. The smallest absolute Gasteiger partial charge is 0.277 e. The summed E-state index contributed by atoms with van der Waals surface area (Å²) >= 11 is 0. The fourth-order valence-electron chi connectivity index (χ4n) is 2.68. The monoisotopic (exact) mass is 367 g/mol. The number of aryl methyl sites for hydroxylation is 1. The molecule has 0 aromatic heterocycles. The Hall–Kier alpha value is -2.82. The molecule has 0 unspecified atom stereocenters. The molecule has 0 fully saturated rings. The first-order chi connectivity index (χ1) is 13.1. The van der Waals surface area contributed by atoms with Crippen LogP contribution in [-0.2, 0) is 4.79 Å². The molecule has 0 spiro atoms. The van der Waals surface area contributed by atoms with Gasteiger partial charge in [0.1, 0.15) is 5.75 Å². The van der Waals surface area contributed by atoms with Crippen LogP contribution in [0.25, 0.3) is 0 Å². The zero-order valence-electron chi connectivity index (χ0n) is 16.4. The fourth-order valence-corrected chi connectivity index (χ4v) is 2.68. The van der Waals surface area contributed by atoms with E-state index in [1.54, 1.807) is 6.21 Å². The molecule has 0 saturated carbocycles. The van der Waals surface area contributed by atoms with Crippen LogP contribution in [0.2, 0.25) is 0 Å². The van der Waals surface area contributed by atoms with Crippen LogP contribution in [0, 0.1) is 6.92 Å². The minimum Gasteiger partial charge on any atom is -0.484 e. The first kappa shape index (κ1) is 20.5. The van der Waals surface area contributed by atoms with Gasteiger partial charge in [0.15, 0.2) is 6.61 Å². The predicted octanol–water partition coefficient (Wildman–Crippen LogP) is 4.15. The first-order valence-corrected chi connectivity index (χ1v) is 9.48. The lowest BCUT2D eigenvalue weighted by molar-refractivity contribution is -0.123. The number of ether oxygens (including phenoxy) is 1. The second kappa shape index (κ2) is 11.0. The third-order valence-corrected chi connectivity index (χ3v) is 4.04. The molecular weight excluding hydrogens is 338 g/mol. The average Bonchev–Trinajstić information content (AvgIpc) is 2.68. The molecule has 1 N–H and O–H groups in total. The Morgan fingerprint density at radius 3 is 2.26 bits per heavy atom. The standard InChI is InChI=1S/C22H29N3O2/c1-4-14-25(15-5-2)20-10-8-19(9-11-20)16-23-24-22(26)17-27-21-12-6-18(3)7-13-21/h6-13,16H,4-5,14-15,17H2,1-3H3,(H,24,26). The van der Waals surface area contributed by atoms with Crippen molar-refractivity contribution in [2.75, 3.05) is 24.6 Å². The summed E-state index contributed by atoms with van der Waals surface area (Å²) < 4.78 is 5.42. The number of rotatable bonds is 10. The maximum Gasteiger partial charge on any atom is 0.277 e. The molecule has 0 atom stereocenters. The van der Waals surface area contributed by atoms with Crippen LogP contribution >= 0.6 is 0 Å². The minimum atomic E-state index is -0.291. The quantitative estimate of drug-likeness (QED) is 0.507. The summed E-state index contributed by atoms with van der Waals surface area (Å²) in [6.07, 6.45) is 3.89. The third-order valence-electron chi connectivity index (χ3n) is 4.04. The van der Waals surface area contributed by atoms with E-state index >= 15 is 0 Å². The van der Waals surface area contributed by atoms with E-state index in [1.807, 2.05) is 43.3 Å². The number of amides is 1. The van der Waals surface area contributed by atoms with Crippen molar-refractivity contribution < 1.29 is 9.53 Å². The molecule has 5 heteroatoms. The SMILES string of the molecule is CCCN(CCC)c1ccc(C=NNC(=O)COc2ccc(C)cc2)cc1. The van der Waals surface area contributed by atoms with E-state index in [-0.39, 0.29) is 12.5 Å². The summed E-state index contributed by atoms with van der Waals surface area (Å²) in [6.45, 7) is 8.42. The summed E-state index contributed by atoms with van der Waals surface area (Å²) in [5, 5.41) is 4.00. The molecule has 27 heavy (non-hydrogen) atoms. The summed E-state index contributed by atoms with van der Waals surface area (Å²) in [5.41, 5.74) is 5.78. The topological polar surface area (TPSA) is 53.9 Å². The van der Waals surface area contributed by atoms with E-state index < -0.39 is 0 Å². The number of anilines is 1. The summed E-state index contributed by atoms with van der Waals surface area (Å²) in [7, 11) is 0. The van der Waals surface area contributed by atoms with Crippen molar-refractivity contribution >= 4 is 17.8 Å². The zero-order valence-corrected chi connectivity index (χ0v) is 16.4. The van der Waals surface area contributed by atoms with E-state index in [0.29, 0.717) is 5.75 Å². The maximum absolute atomic E-state index is 11.8. The third kappa shape index (κ3) is 7.13. The molecule has 2 rings (SSSR count). The van der Waals surface area contributed by atoms with Crippen molar-refractivity contribution in [1.82, 2.24) is 5.43 Å². The summed E-state index contributed by atoms with van der Waals surface area (Å²) in [4.78, 5) is 14.2. The van der Waals surface area contributed by atoms with Crippen molar-refractivity contribution in [2.24, 2.45) is 5.10 Å². The van der Waals surface area contributed by atoms with Gasteiger partial charge in [-0.15, -0.1) is 0 Å². The molecule has 0 radical (unpaired) electrons. The van der Waals surface area contributed by atoms with Gasteiger partial charge in [-0.05, 0) is 49.6 Å². The Kier molecular flexibility index (Phi) is 8.36. The molecule has 2 aromatic carbocycles. The second-order valence-electron chi connectivity index (χ2n) is 6.47. The van der Waals surface area contributed by atoms with E-state index in [9.17, 15) is 4.79 Å². The number of carbonyl (C=O) groups is 1. The van der Waals surface area contributed by atoms with Gasteiger partial charge in [-0.1, -0.05) is 43.7 Å². The Bertz CT molecular complexity index is 718. The Morgan fingerprint density at radius 2 is 1.67 bits per heavy atom. The van der Waals surface area contributed by atoms with Crippen LogP contribution in [0.3, 0.4) is 0 Å². The highest BCUT2D eigenvalue weighted by Crippen LogP contribution is 2.15. The van der Waals surface area contributed by atoms with E-state index in [4.69, 9.17) is 4.74 Å². The van der Waals surface area contributed by atoms with Crippen molar-refractivity contribution in [1.29, 1.82) is 0 Å². The maximum atomic E-state index is 11.8. The van der Waals surface area contributed by atoms with Crippen LogP contribution in [-0.4, -0.2) is 31.8 Å². The first-order valence-electron chi connectivity index (χ1n) is 9.48. The predicted molar refractivity (Wildman–Crippen MR) is 112 cm³/mol. The van der Waals surface area contributed by atoms with Gasteiger partial charge >= 0.3 is 0 Å². The van der Waals surface area contributed by atoms with Gasteiger partial charge in [0, 0.05) is 18.8 Å². The molecule has 0 bridgehead atoms. The van der Waals surface area contributed by atoms with Gasteiger partial charge in [0.25, 0.3) is 5.91 Å². The number of benzene rings is 2. The molecule has 0 aliphatic carbocycles. The summed E-state index contributed by atoms with van der Waals surface area (Å²) in [6, 6.07) is 15.8. The average molecular weight is 367 g/mol. The van der Waals surface area contributed by atoms with Crippen LogP contribution < -0.4 is 15.1 Å². The van der Waals surface area contributed by atoms with Crippen LogP contribution in [0.5, 0.6) is 5.75 Å². The van der Waals surface area contributed by atoms with E-state index in [2.05, 4.69) is 41.4 Å². The van der Waals surface area contributed by atoms with Crippen molar-refractivity contribution in [3.63, 3.8) is 0 Å². The van der Waals surface area contributed by atoms with Gasteiger partial charge in [0.2, 0.25) is 0 Å². The van der Waals surface area contributed by atoms with Gasteiger partial charge in [-0.2, -0.15) is 5.10 Å². The van der Waals surface area contributed by atoms with Gasteiger partial charge in [0.05, 0.1) is 6.21 Å². The highest BCUT2D eigenvalue weighted by Gasteiger charge is 2.04. The second-order valence-corrected chi connectivity index (χ2v) is 6.47. The number of nitrogens with zero attached hydrogens (tertiary/aromatic N) is 2. The molecule has 5 nitrogen and oxygen atoms in total. The molecule has 0 saturated heterocycles. The number of nitrogens with one attached hydrogen (secondary N) is 1. The largest absolute Gasteiger partial charge is 0.484 e. The highest BCUT2D eigenvalue weighted by molar-refractivity contribution is 5.83. The number of hydrogen-bond acceptors (Lipinski definition) is 4.